The number of thioether (sulfide) groups is 1. The number of nitrogens with one attached hydrogen (secondary N) is 1. The van der Waals surface area contributed by atoms with Crippen molar-refractivity contribution >= 4 is 29.6 Å². The Bertz CT molecular complexity index is 903. The number of aromatic nitrogens is 2. The summed E-state index contributed by atoms with van der Waals surface area (Å²) in [5, 5.41) is 3.80. The molecule has 9 heteroatoms. The minimum atomic E-state index is -0.479. The zero-order chi connectivity index (χ0) is 22.1. The Kier molecular flexibility index (Phi) is 8.79. The molecule has 0 aliphatic heterocycles. The summed E-state index contributed by atoms with van der Waals surface area (Å²) >= 11 is 1.40. The van der Waals surface area contributed by atoms with Gasteiger partial charge in [-0.1, -0.05) is 11.8 Å². The molecule has 0 aliphatic rings. The zero-order valence-corrected chi connectivity index (χ0v) is 19.0. The fraction of sp³-hybridized carbons (Fsp3) is 0.381. The van der Waals surface area contributed by atoms with Gasteiger partial charge in [-0.25, -0.2) is 14.8 Å². The van der Waals surface area contributed by atoms with Crippen LogP contribution in [-0.2, 0) is 11.3 Å². The summed E-state index contributed by atoms with van der Waals surface area (Å²) in [6.45, 7) is 2.41. The fourth-order valence-corrected chi connectivity index (χ4v) is 2.97. The van der Waals surface area contributed by atoms with E-state index in [1.54, 1.807) is 27.2 Å². The van der Waals surface area contributed by atoms with Crippen molar-refractivity contribution < 1.29 is 19.0 Å². The molecule has 0 unspecified atom stereocenters. The predicted octanol–water partition coefficient (Wildman–Crippen LogP) is 3.54. The van der Waals surface area contributed by atoms with Crippen LogP contribution in [0.1, 0.15) is 28.5 Å². The fourth-order valence-electron chi connectivity index (χ4n) is 2.60. The van der Waals surface area contributed by atoms with E-state index in [0.717, 1.165) is 5.56 Å². The van der Waals surface area contributed by atoms with Gasteiger partial charge in [0.1, 0.15) is 22.9 Å². The number of nitrogens with zero attached hydrogens (tertiary/aromatic N) is 3. The van der Waals surface area contributed by atoms with Crippen LogP contribution in [-0.4, -0.2) is 62.0 Å². The number of benzene rings is 1. The molecule has 0 bridgehead atoms. The molecular weight excluding hydrogens is 404 g/mol. The highest BCUT2D eigenvalue weighted by Crippen LogP contribution is 2.27. The lowest BCUT2D eigenvalue weighted by Gasteiger charge is -2.16. The smallest absolute Gasteiger partial charge is 0.344 e. The van der Waals surface area contributed by atoms with Crippen LogP contribution in [0.2, 0.25) is 0 Å². The zero-order valence-electron chi connectivity index (χ0n) is 18.2. The number of carbonyl (C=O) groups excluding carboxylic acids is 1. The normalized spacial score (nSPS) is 10.7. The second kappa shape index (κ2) is 11.3. The summed E-state index contributed by atoms with van der Waals surface area (Å²) in [5.74, 6) is 1.30. The van der Waals surface area contributed by atoms with Gasteiger partial charge in [0.05, 0.1) is 26.5 Å². The average molecular weight is 433 g/mol. The number of anilines is 1. The first kappa shape index (κ1) is 23.3. The molecule has 8 nitrogen and oxygen atoms in total. The molecule has 30 heavy (non-hydrogen) atoms. The minimum Gasteiger partial charge on any atom is -0.497 e. The Morgan fingerprint density at radius 1 is 1.23 bits per heavy atom. The standard InChI is InChI=1S/C21H28N4O4S/c1-7-29-20(26)18-16(10-11-25(2)3)23-21(30-6)24-19(18)22-13-14-8-9-15(27-4)12-17(14)28-5/h8-12H,7,13H2,1-6H3,(H,22,23,24). The van der Waals surface area contributed by atoms with Gasteiger partial charge in [-0.2, -0.15) is 0 Å². The lowest BCUT2D eigenvalue weighted by atomic mass is 10.1. The van der Waals surface area contributed by atoms with Gasteiger partial charge in [0.25, 0.3) is 0 Å². The van der Waals surface area contributed by atoms with Crippen molar-refractivity contribution in [2.45, 2.75) is 18.6 Å². The largest absolute Gasteiger partial charge is 0.497 e. The highest BCUT2D eigenvalue weighted by atomic mass is 32.2. The van der Waals surface area contributed by atoms with Gasteiger partial charge in [0.2, 0.25) is 0 Å². The maximum Gasteiger partial charge on any atom is 0.344 e. The third kappa shape index (κ3) is 6.03. The first-order valence-electron chi connectivity index (χ1n) is 9.36. The van der Waals surface area contributed by atoms with Crippen LogP contribution in [0.3, 0.4) is 0 Å². The van der Waals surface area contributed by atoms with Crippen LogP contribution in [0.25, 0.3) is 6.08 Å². The van der Waals surface area contributed by atoms with E-state index in [9.17, 15) is 4.79 Å². The van der Waals surface area contributed by atoms with Gasteiger partial charge >= 0.3 is 5.97 Å². The monoisotopic (exact) mass is 432 g/mol. The first-order valence-corrected chi connectivity index (χ1v) is 10.6. The van der Waals surface area contributed by atoms with E-state index in [1.807, 2.05) is 49.7 Å². The molecule has 0 atom stereocenters. The van der Waals surface area contributed by atoms with E-state index in [0.29, 0.717) is 40.3 Å². The highest BCUT2D eigenvalue weighted by molar-refractivity contribution is 7.98. The van der Waals surface area contributed by atoms with Crippen molar-refractivity contribution in [3.63, 3.8) is 0 Å². The molecule has 0 amide bonds. The van der Waals surface area contributed by atoms with E-state index in [2.05, 4.69) is 15.3 Å². The van der Waals surface area contributed by atoms with Crippen LogP contribution in [0.15, 0.2) is 29.6 Å². The van der Waals surface area contributed by atoms with Gasteiger partial charge in [-0.15, -0.1) is 0 Å². The molecular formula is C21H28N4O4S. The molecule has 2 rings (SSSR count). The van der Waals surface area contributed by atoms with Gasteiger partial charge in [0, 0.05) is 38.5 Å². The SMILES string of the molecule is CCOC(=O)c1c(C=CN(C)C)nc(SC)nc1NCc1ccc(OC)cc1OC. The lowest BCUT2D eigenvalue weighted by molar-refractivity contribution is 0.0526. The van der Waals surface area contributed by atoms with Gasteiger partial charge in [-0.05, 0) is 31.4 Å². The summed E-state index contributed by atoms with van der Waals surface area (Å²) in [4.78, 5) is 23.6. The molecule has 162 valence electrons. The van der Waals surface area contributed by atoms with Gasteiger partial charge in [0.15, 0.2) is 5.16 Å². The first-order chi connectivity index (χ1) is 14.4. The molecule has 1 aromatic carbocycles. The Balaban J connectivity index is 2.46. The van der Waals surface area contributed by atoms with Crippen molar-refractivity contribution in [2.24, 2.45) is 0 Å². The Morgan fingerprint density at radius 3 is 2.60 bits per heavy atom. The van der Waals surface area contributed by atoms with Crippen LogP contribution >= 0.6 is 11.8 Å². The number of hydrogen-bond acceptors (Lipinski definition) is 9. The molecule has 0 spiro atoms. The van der Waals surface area contributed by atoms with Crippen molar-refractivity contribution in [3.8, 4) is 11.5 Å². The third-order valence-corrected chi connectivity index (χ3v) is 4.60. The van der Waals surface area contributed by atoms with E-state index in [1.165, 1.54) is 11.8 Å². The summed E-state index contributed by atoms with van der Waals surface area (Å²) in [6, 6.07) is 5.56. The topological polar surface area (TPSA) is 85.8 Å². The quantitative estimate of drug-likeness (QED) is 0.344. The summed E-state index contributed by atoms with van der Waals surface area (Å²) in [5.41, 5.74) is 1.67. The maximum atomic E-state index is 12.7. The Hall–Kier alpha value is -2.94. The van der Waals surface area contributed by atoms with E-state index < -0.39 is 5.97 Å². The number of carbonyl (C=O) groups is 1. The number of ether oxygens (including phenoxy) is 3. The molecule has 1 heterocycles. The van der Waals surface area contributed by atoms with Crippen LogP contribution in [0, 0.1) is 0 Å². The summed E-state index contributed by atoms with van der Waals surface area (Å²) < 4.78 is 16.0. The predicted molar refractivity (Wildman–Crippen MR) is 119 cm³/mol. The number of esters is 1. The molecule has 0 aliphatic carbocycles. The molecule has 0 radical (unpaired) electrons. The second-order valence-electron chi connectivity index (χ2n) is 6.35. The lowest BCUT2D eigenvalue weighted by Crippen LogP contribution is -2.15. The van der Waals surface area contributed by atoms with Crippen molar-refractivity contribution in [2.75, 3.05) is 46.5 Å². The Morgan fingerprint density at radius 2 is 2.00 bits per heavy atom. The maximum absolute atomic E-state index is 12.7. The molecule has 1 N–H and O–H groups in total. The molecule has 0 fully saturated rings. The minimum absolute atomic E-state index is 0.256. The van der Waals surface area contributed by atoms with Crippen molar-refractivity contribution in [1.82, 2.24) is 14.9 Å². The van der Waals surface area contributed by atoms with Crippen molar-refractivity contribution in [3.05, 3.63) is 41.2 Å². The van der Waals surface area contributed by atoms with Crippen LogP contribution < -0.4 is 14.8 Å². The number of methoxy groups -OCH3 is 2. The van der Waals surface area contributed by atoms with Crippen LogP contribution in [0.4, 0.5) is 5.82 Å². The second-order valence-corrected chi connectivity index (χ2v) is 7.12. The summed E-state index contributed by atoms with van der Waals surface area (Å²) in [6.07, 6.45) is 5.48. The van der Waals surface area contributed by atoms with E-state index in [4.69, 9.17) is 14.2 Å². The molecule has 2 aromatic rings. The molecule has 0 saturated carbocycles. The third-order valence-electron chi connectivity index (χ3n) is 4.05. The molecule has 1 aromatic heterocycles. The van der Waals surface area contributed by atoms with E-state index >= 15 is 0 Å². The molecule has 0 saturated heterocycles. The van der Waals surface area contributed by atoms with Crippen molar-refractivity contribution in [1.29, 1.82) is 0 Å². The van der Waals surface area contributed by atoms with E-state index in [-0.39, 0.29) is 6.61 Å². The van der Waals surface area contributed by atoms with Gasteiger partial charge < -0.3 is 24.4 Å². The Labute approximate surface area is 181 Å². The van der Waals surface area contributed by atoms with Crippen LogP contribution in [0.5, 0.6) is 11.5 Å². The highest BCUT2D eigenvalue weighted by Gasteiger charge is 2.21. The van der Waals surface area contributed by atoms with Gasteiger partial charge in [-0.3, -0.25) is 0 Å². The summed E-state index contributed by atoms with van der Waals surface area (Å²) in [7, 11) is 6.99. The average Bonchev–Trinajstić information content (AvgIpc) is 2.75. The number of hydrogen-bond donors (Lipinski definition) is 1. The number of rotatable bonds is 10.